The Hall–Kier alpha value is -2.02. The Labute approximate surface area is 119 Å². The summed E-state index contributed by atoms with van der Waals surface area (Å²) in [6.07, 6.45) is -0.345. The molecule has 2 rings (SSSR count). The first-order valence-corrected chi connectivity index (χ1v) is 6.88. The Balaban J connectivity index is 2.17. The minimum Gasteiger partial charge on any atom is -0.481 e. The summed E-state index contributed by atoms with van der Waals surface area (Å²) >= 11 is 0.958. The number of hydrogen-bond acceptors (Lipinski definition) is 6. The molecule has 6 nitrogen and oxygen atoms in total. The summed E-state index contributed by atoms with van der Waals surface area (Å²) in [5.74, 6) is -1.66. The molecule has 0 fully saturated rings. The van der Waals surface area contributed by atoms with Crippen molar-refractivity contribution in [2.45, 2.75) is 23.8 Å². The van der Waals surface area contributed by atoms with Gasteiger partial charge >= 0.3 is 11.9 Å². The van der Waals surface area contributed by atoms with Crippen molar-refractivity contribution in [2.24, 2.45) is 0 Å². The molecule has 0 amide bonds. The third-order valence-corrected chi connectivity index (χ3v) is 3.45. The van der Waals surface area contributed by atoms with E-state index in [0.29, 0.717) is 11.1 Å². The van der Waals surface area contributed by atoms with Crippen molar-refractivity contribution < 1.29 is 23.8 Å². The van der Waals surface area contributed by atoms with Crippen LogP contribution in [0.25, 0.3) is 11.1 Å². The molecule has 0 saturated carbocycles. The van der Waals surface area contributed by atoms with E-state index in [1.54, 1.807) is 19.1 Å². The summed E-state index contributed by atoms with van der Waals surface area (Å²) < 4.78 is 10.3. The lowest BCUT2D eigenvalue weighted by Crippen LogP contribution is -2.23. The lowest BCUT2D eigenvalue weighted by molar-refractivity contribution is -0.146. The highest BCUT2D eigenvalue weighted by Gasteiger charge is 2.26. The number of hydrogen-bond donors (Lipinski definition) is 1. The van der Waals surface area contributed by atoms with E-state index in [-0.39, 0.29) is 18.3 Å². The number of ether oxygens (including phenoxy) is 1. The van der Waals surface area contributed by atoms with Gasteiger partial charge in [0.05, 0.1) is 13.0 Å². The second kappa shape index (κ2) is 6.42. The maximum absolute atomic E-state index is 11.7. The fraction of sp³-hybridized carbons (Fsp3) is 0.308. The van der Waals surface area contributed by atoms with Crippen LogP contribution < -0.4 is 0 Å². The van der Waals surface area contributed by atoms with E-state index in [1.807, 2.05) is 12.1 Å². The van der Waals surface area contributed by atoms with Crippen LogP contribution in [0.15, 0.2) is 33.9 Å². The summed E-state index contributed by atoms with van der Waals surface area (Å²) in [5, 5.41) is 8.23. The molecule has 0 bridgehead atoms. The largest absolute Gasteiger partial charge is 0.481 e. The Bertz CT molecular complexity index is 591. The van der Waals surface area contributed by atoms with Crippen LogP contribution in [-0.4, -0.2) is 33.9 Å². The second-order valence-electron chi connectivity index (χ2n) is 3.90. The lowest BCUT2D eigenvalue weighted by Gasteiger charge is -2.10. The van der Waals surface area contributed by atoms with Crippen LogP contribution in [-0.2, 0) is 14.3 Å². The predicted molar refractivity (Wildman–Crippen MR) is 72.5 cm³/mol. The van der Waals surface area contributed by atoms with Crippen LogP contribution in [0.5, 0.6) is 0 Å². The maximum Gasteiger partial charge on any atom is 0.320 e. The number of carboxylic acid groups (broad SMARTS) is 1. The predicted octanol–water partition coefficient (Wildman–Crippen LogP) is 2.33. The minimum absolute atomic E-state index is 0.197. The second-order valence-corrected chi connectivity index (χ2v) is 5.06. The third-order valence-electron chi connectivity index (χ3n) is 2.43. The van der Waals surface area contributed by atoms with Gasteiger partial charge in [-0.1, -0.05) is 23.9 Å². The molecule has 0 aliphatic heterocycles. The smallest absolute Gasteiger partial charge is 0.320 e. The number of fused-ring (bicyclic) bond motifs is 1. The maximum atomic E-state index is 11.7. The molecule has 0 spiro atoms. The molecule has 20 heavy (non-hydrogen) atoms. The Morgan fingerprint density at radius 3 is 2.85 bits per heavy atom. The van der Waals surface area contributed by atoms with E-state index < -0.39 is 17.2 Å². The van der Waals surface area contributed by atoms with Gasteiger partial charge in [-0.3, -0.25) is 9.59 Å². The zero-order valence-corrected chi connectivity index (χ0v) is 11.6. The van der Waals surface area contributed by atoms with Gasteiger partial charge in [-0.15, -0.1) is 0 Å². The van der Waals surface area contributed by atoms with Gasteiger partial charge in [0, 0.05) is 0 Å². The van der Waals surface area contributed by atoms with Gasteiger partial charge in [0.2, 0.25) is 0 Å². The van der Waals surface area contributed by atoms with Crippen molar-refractivity contribution >= 4 is 34.8 Å². The number of carbonyl (C=O) groups excluding carboxylic acids is 1. The van der Waals surface area contributed by atoms with E-state index in [4.69, 9.17) is 14.3 Å². The first kappa shape index (κ1) is 14.4. The van der Waals surface area contributed by atoms with Gasteiger partial charge in [-0.25, -0.2) is 4.98 Å². The quantitative estimate of drug-likeness (QED) is 0.646. The van der Waals surface area contributed by atoms with Gasteiger partial charge in [0.1, 0.15) is 10.8 Å². The number of rotatable bonds is 6. The van der Waals surface area contributed by atoms with Crippen molar-refractivity contribution in [1.29, 1.82) is 0 Å². The molecule has 1 atom stereocenters. The molecule has 106 valence electrons. The van der Waals surface area contributed by atoms with Gasteiger partial charge < -0.3 is 14.3 Å². The van der Waals surface area contributed by atoms with Gasteiger partial charge in [-0.05, 0) is 19.1 Å². The first-order chi connectivity index (χ1) is 9.60. The number of carboxylic acids is 1. The molecule has 1 aromatic carbocycles. The van der Waals surface area contributed by atoms with Crippen molar-refractivity contribution in [3.8, 4) is 0 Å². The minimum atomic E-state index is -1.08. The van der Waals surface area contributed by atoms with Gasteiger partial charge in [-0.2, -0.15) is 0 Å². The molecule has 0 saturated heterocycles. The highest BCUT2D eigenvalue weighted by molar-refractivity contribution is 8.00. The van der Waals surface area contributed by atoms with Crippen LogP contribution in [0, 0.1) is 0 Å². The lowest BCUT2D eigenvalue weighted by atomic mass is 10.3. The van der Waals surface area contributed by atoms with Crippen molar-refractivity contribution in [3.05, 3.63) is 24.3 Å². The molecule has 1 unspecified atom stereocenters. The van der Waals surface area contributed by atoms with Gasteiger partial charge in [0.25, 0.3) is 5.22 Å². The van der Waals surface area contributed by atoms with Crippen molar-refractivity contribution in [2.75, 3.05) is 6.61 Å². The average Bonchev–Trinajstić information content (AvgIpc) is 2.80. The van der Waals surface area contributed by atoms with E-state index in [9.17, 15) is 9.59 Å². The average molecular weight is 295 g/mol. The number of benzene rings is 1. The number of oxazole rings is 1. The molecule has 0 radical (unpaired) electrons. The topological polar surface area (TPSA) is 89.6 Å². The van der Waals surface area contributed by atoms with Crippen LogP contribution in [0.3, 0.4) is 0 Å². The Morgan fingerprint density at radius 1 is 1.45 bits per heavy atom. The van der Waals surface area contributed by atoms with E-state index in [2.05, 4.69) is 4.98 Å². The zero-order valence-electron chi connectivity index (χ0n) is 10.7. The van der Waals surface area contributed by atoms with Crippen LogP contribution >= 0.6 is 11.8 Å². The van der Waals surface area contributed by atoms with E-state index >= 15 is 0 Å². The van der Waals surface area contributed by atoms with Crippen LogP contribution in [0.1, 0.15) is 13.3 Å². The number of esters is 1. The number of para-hydroxylation sites is 2. The number of aromatic nitrogens is 1. The molecule has 1 aromatic heterocycles. The molecule has 7 heteroatoms. The van der Waals surface area contributed by atoms with E-state index in [0.717, 1.165) is 11.8 Å². The van der Waals surface area contributed by atoms with Crippen molar-refractivity contribution in [3.63, 3.8) is 0 Å². The molecule has 1 N–H and O–H groups in total. The highest BCUT2D eigenvalue weighted by Crippen LogP contribution is 2.28. The Morgan fingerprint density at radius 2 is 2.20 bits per heavy atom. The monoisotopic (exact) mass is 295 g/mol. The molecule has 0 aliphatic rings. The van der Waals surface area contributed by atoms with Gasteiger partial charge in [0.15, 0.2) is 5.58 Å². The summed E-state index contributed by atoms with van der Waals surface area (Å²) in [5.41, 5.74) is 1.25. The zero-order chi connectivity index (χ0) is 14.5. The number of thioether (sulfide) groups is 1. The summed E-state index contributed by atoms with van der Waals surface area (Å²) in [4.78, 5) is 26.7. The van der Waals surface area contributed by atoms with Crippen LogP contribution in [0.4, 0.5) is 0 Å². The summed E-state index contributed by atoms with van der Waals surface area (Å²) in [6.45, 7) is 1.86. The summed E-state index contributed by atoms with van der Waals surface area (Å²) in [7, 11) is 0. The Kier molecular flexibility index (Phi) is 4.62. The molecular formula is C13H13NO5S. The fourth-order valence-electron chi connectivity index (χ4n) is 1.59. The molecule has 1 heterocycles. The molecular weight excluding hydrogens is 282 g/mol. The normalized spacial score (nSPS) is 12.2. The first-order valence-electron chi connectivity index (χ1n) is 6.00. The highest BCUT2D eigenvalue weighted by atomic mass is 32.2. The molecule has 0 aliphatic carbocycles. The third kappa shape index (κ3) is 3.51. The fourth-order valence-corrected chi connectivity index (χ4v) is 2.51. The van der Waals surface area contributed by atoms with Crippen LogP contribution in [0.2, 0.25) is 0 Å². The summed E-state index contributed by atoms with van der Waals surface area (Å²) in [6, 6.07) is 7.16. The molecule has 2 aromatic rings. The number of aliphatic carboxylic acids is 1. The van der Waals surface area contributed by atoms with Crippen molar-refractivity contribution in [1.82, 2.24) is 4.98 Å². The standard InChI is InChI=1S/C13H13NO5S/c1-2-18-12(17)10(7-11(15)16)20-13-14-8-5-3-4-6-9(8)19-13/h3-6,10H,2,7H2,1H3,(H,15,16). The number of nitrogens with zero attached hydrogens (tertiary/aromatic N) is 1. The number of carbonyl (C=O) groups is 2. The SMILES string of the molecule is CCOC(=O)C(CC(=O)O)Sc1nc2ccccc2o1. The van der Waals surface area contributed by atoms with E-state index in [1.165, 1.54) is 0 Å².